The van der Waals surface area contributed by atoms with Crippen molar-refractivity contribution in [3.8, 4) is 5.88 Å². The zero-order valence-corrected chi connectivity index (χ0v) is 15.5. The molecule has 0 fully saturated rings. The quantitative estimate of drug-likeness (QED) is 0.367. The van der Waals surface area contributed by atoms with Gasteiger partial charge in [-0.05, 0) is 18.6 Å². The molecule has 0 aliphatic rings. The molecule has 0 aliphatic carbocycles. The predicted octanol–water partition coefficient (Wildman–Crippen LogP) is 2.21. The maximum atomic E-state index is 12.1. The van der Waals surface area contributed by atoms with E-state index in [1.807, 2.05) is 0 Å². The number of hydrogen-bond acceptors (Lipinski definition) is 6. The number of aromatic nitrogens is 1. The van der Waals surface area contributed by atoms with Crippen LogP contribution in [0.4, 0.5) is 5.69 Å². The number of rotatable bonds is 10. The zero-order valence-electron chi connectivity index (χ0n) is 15.5. The molecule has 0 aliphatic heterocycles. The lowest BCUT2D eigenvalue weighted by Crippen LogP contribution is -2.36. The second-order valence-electron chi connectivity index (χ2n) is 5.94. The first-order valence-corrected chi connectivity index (χ1v) is 8.87. The highest BCUT2D eigenvalue weighted by atomic mass is 16.6. The summed E-state index contributed by atoms with van der Waals surface area (Å²) in [7, 11) is 0. The highest BCUT2D eigenvalue weighted by molar-refractivity contribution is 5.96. The van der Waals surface area contributed by atoms with E-state index in [4.69, 9.17) is 4.74 Å². The molecule has 0 atom stereocenters. The van der Waals surface area contributed by atoms with Crippen molar-refractivity contribution in [2.75, 3.05) is 13.2 Å². The first kappa shape index (κ1) is 20.8. The first-order valence-electron chi connectivity index (χ1n) is 8.87. The molecule has 1 heterocycles. The average molecular weight is 386 g/mol. The van der Waals surface area contributed by atoms with Crippen LogP contribution in [0.2, 0.25) is 0 Å². The Balaban J connectivity index is 1.84. The molecular weight excluding hydrogens is 364 g/mol. The van der Waals surface area contributed by atoms with Gasteiger partial charge in [-0.1, -0.05) is 25.5 Å². The van der Waals surface area contributed by atoms with Gasteiger partial charge < -0.3 is 15.4 Å². The number of carbonyl (C=O) groups excluding carboxylic acids is 2. The fraction of sp³-hybridized carbons (Fsp3) is 0.316. The van der Waals surface area contributed by atoms with Gasteiger partial charge in [0.15, 0.2) is 0 Å². The Morgan fingerprint density at radius 2 is 2.04 bits per heavy atom. The van der Waals surface area contributed by atoms with Crippen LogP contribution >= 0.6 is 0 Å². The monoisotopic (exact) mass is 386 g/mol. The number of nitrogens with one attached hydrogen (secondary N) is 2. The molecule has 2 N–H and O–H groups in total. The summed E-state index contributed by atoms with van der Waals surface area (Å²) in [5, 5.41) is 15.9. The molecule has 148 valence electrons. The lowest BCUT2D eigenvalue weighted by atomic mass is 10.2. The number of nitro groups is 1. The van der Waals surface area contributed by atoms with Crippen LogP contribution in [0.3, 0.4) is 0 Å². The minimum absolute atomic E-state index is 0.112. The van der Waals surface area contributed by atoms with E-state index in [0.29, 0.717) is 12.5 Å². The van der Waals surface area contributed by atoms with Gasteiger partial charge in [0.05, 0.1) is 18.1 Å². The van der Waals surface area contributed by atoms with E-state index in [1.165, 1.54) is 18.2 Å². The van der Waals surface area contributed by atoms with Crippen LogP contribution in [0.1, 0.15) is 35.7 Å². The van der Waals surface area contributed by atoms with Crippen LogP contribution in [0, 0.1) is 10.1 Å². The van der Waals surface area contributed by atoms with Crippen molar-refractivity contribution < 1.29 is 19.2 Å². The van der Waals surface area contributed by atoms with Crippen molar-refractivity contribution in [3.63, 3.8) is 0 Å². The molecule has 0 saturated heterocycles. The van der Waals surface area contributed by atoms with Crippen molar-refractivity contribution in [1.29, 1.82) is 0 Å². The second kappa shape index (κ2) is 10.6. The van der Waals surface area contributed by atoms with Crippen LogP contribution in [0.15, 0.2) is 42.6 Å². The van der Waals surface area contributed by atoms with Crippen molar-refractivity contribution in [1.82, 2.24) is 15.6 Å². The first-order chi connectivity index (χ1) is 13.5. The molecule has 9 nitrogen and oxygen atoms in total. The number of ether oxygens (including phenoxy) is 1. The highest BCUT2D eigenvalue weighted by Gasteiger charge is 2.13. The molecule has 2 rings (SSSR count). The van der Waals surface area contributed by atoms with Gasteiger partial charge in [-0.15, -0.1) is 0 Å². The number of carbonyl (C=O) groups is 2. The van der Waals surface area contributed by atoms with Gasteiger partial charge in [0, 0.05) is 36.0 Å². The van der Waals surface area contributed by atoms with Gasteiger partial charge in [0.25, 0.3) is 11.6 Å². The van der Waals surface area contributed by atoms with Crippen LogP contribution in [0.25, 0.3) is 0 Å². The summed E-state index contributed by atoms with van der Waals surface area (Å²) in [6.07, 6.45) is 3.53. The Morgan fingerprint density at radius 1 is 1.21 bits per heavy atom. The predicted molar refractivity (Wildman–Crippen MR) is 102 cm³/mol. The SMILES string of the molecule is CCCCOc1ncccc1CNC(=O)CNC(=O)c1cccc([N+](=O)[O-])c1. The second-order valence-corrected chi connectivity index (χ2v) is 5.94. The number of nitro benzene ring substituents is 1. The standard InChI is InChI=1S/C19H22N4O5/c1-2-3-10-28-19-15(7-5-9-20-19)12-21-17(24)13-22-18(25)14-6-4-8-16(11-14)23(26)27/h4-9,11H,2-3,10,12-13H2,1H3,(H,21,24)(H,22,25). The molecule has 28 heavy (non-hydrogen) atoms. The van der Waals surface area contributed by atoms with Gasteiger partial charge in [-0.3, -0.25) is 19.7 Å². The molecule has 0 radical (unpaired) electrons. The average Bonchev–Trinajstić information content (AvgIpc) is 2.71. The number of benzene rings is 1. The molecule has 1 aromatic carbocycles. The normalized spacial score (nSPS) is 10.2. The van der Waals surface area contributed by atoms with Gasteiger partial charge in [-0.2, -0.15) is 0 Å². The van der Waals surface area contributed by atoms with Crippen molar-refractivity contribution in [3.05, 3.63) is 63.8 Å². The Labute approximate surface area is 162 Å². The molecule has 0 spiro atoms. The zero-order chi connectivity index (χ0) is 20.4. The summed E-state index contributed by atoms with van der Waals surface area (Å²) in [4.78, 5) is 38.4. The van der Waals surface area contributed by atoms with Crippen LogP contribution < -0.4 is 15.4 Å². The smallest absolute Gasteiger partial charge is 0.270 e. The number of amides is 2. The summed E-state index contributed by atoms with van der Waals surface area (Å²) in [6, 6.07) is 8.85. The maximum Gasteiger partial charge on any atom is 0.270 e. The Bertz CT molecular complexity index is 841. The third kappa shape index (κ3) is 6.35. The summed E-state index contributed by atoms with van der Waals surface area (Å²) in [6.45, 7) is 2.56. The molecule has 1 aromatic heterocycles. The number of hydrogen-bond donors (Lipinski definition) is 2. The van der Waals surface area contributed by atoms with Crippen molar-refractivity contribution in [2.24, 2.45) is 0 Å². The van der Waals surface area contributed by atoms with E-state index in [1.54, 1.807) is 18.3 Å². The van der Waals surface area contributed by atoms with Gasteiger partial charge in [-0.25, -0.2) is 4.98 Å². The summed E-state index contributed by atoms with van der Waals surface area (Å²) in [5.74, 6) is -0.497. The van der Waals surface area contributed by atoms with E-state index in [9.17, 15) is 19.7 Å². The lowest BCUT2D eigenvalue weighted by Gasteiger charge is -2.11. The number of pyridine rings is 1. The third-order valence-corrected chi connectivity index (χ3v) is 3.79. The van der Waals surface area contributed by atoms with Crippen LogP contribution in [-0.4, -0.2) is 34.9 Å². The molecule has 0 unspecified atom stereocenters. The third-order valence-electron chi connectivity index (χ3n) is 3.79. The fourth-order valence-corrected chi connectivity index (χ4v) is 2.28. The minimum atomic E-state index is -0.586. The molecule has 0 bridgehead atoms. The maximum absolute atomic E-state index is 12.1. The van der Waals surface area contributed by atoms with Crippen LogP contribution in [-0.2, 0) is 11.3 Å². The molecule has 9 heteroatoms. The van der Waals surface area contributed by atoms with E-state index in [0.717, 1.165) is 24.5 Å². The largest absolute Gasteiger partial charge is 0.477 e. The van der Waals surface area contributed by atoms with Gasteiger partial charge in [0.1, 0.15) is 0 Å². The summed E-state index contributed by atoms with van der Waals surface area (Å²) < 4.78 is 5.61. The Hall–Kier alpha value is -3.49. The Kier molecular flexibility index (Phi) is 7.89. The molecular formula is C19H22N4O5. The molecule has 2 amide bonds. The van der Waals surface area contributed by atoms with Gasteiger partial charge in [0.2, 0.25) is 11.8 Å². The van der Waals surface area contributed by atoms with Crippen molar-refractivity contribution in [2.45, 2.75) is 26.3 Å². The Morgan fingerprint density at radius 3 is 2.79 bits per heavy atom. The van der Waals surface area contributed by atoms with Crippen LogP contribution in [0.5, 0.6) is 5.88 Å². The van der Waals surface area contributed by atoms with Gasteiger partial charge >= 0.3 is 0 Å². The van der Waals surface area contributed by atoms with E-state index in [2.05, 4.69) is 22.5 Å². The van der Waals surface area contributed by atoms with E-state index >= 15 is 0 Å². The lowest BCUT2D eigenvalue weighted by molar-refractivity contribution is -0.384. The molecule has 0 saturated carbocycles. The minimum Gasteiger partial charge on any atom is -0.477 e. The number of unbranched alkanes of at least 4 members (excludes halogenated alkanes) is 1. The number of non-ortho nitro benzene ring substituents is 1. The topological polar surface area (TPSA) is 123 Å². The summed E-state index contributed by atoms with van der Waals surface area (Å²) >= 11 is 0. The van der Waals surface area contributed by atoms with E-state index < -0.39 is 16.7 Å². The van der Waals surface area contributed by atoms with Crippen molar-refractivity contribution >= 4 is 17.5 Å². The molecule has 2 aromatic rings. The van der Waals surface area contributed by atoms with E-state index in [-0.39, 0.29) is 24.3 Å². The summed E-state index contributed by atoms with van der Waals surface area (Å²) in [5.41, 5.74) is 0.655. The number of nitrogens with zero attached hydrogens (tertiary/aromatic N) is 2. The highest BCUT2D eigenvalue weighted by Crippen LogP contribution is 2.14. The fourth-order valence-electron chi connectivity index (χ4n) is 2.28.